The fourth-order valence-electron chi connectivity index (χ4n) is 1.55. The van der Waals surface area contributed by atoms with E-state index >= 15 is 0 Å². The van der Waals surface area contributed by atoms with Crippen LogP contribution in [0.4, 0.5) is 0 Å². The lowest BCUT2D eigenvalue weighted by Crippen LogP contribution is -2.37. The zero-order valence-electron chi connectivity index (χ0n) is 10.4. The third-order valence-corrected chi connectivity index (χ3v) is 5.00. The standard InChI is InChI=1S/C11H22BrNO2S/c1-11(2,3)6-9-16(14,15)13(8-7-12)10-4-5-10/h10H,4-9H2,1-3H3. The Morgan fingerprint density at radius 2 is 1.88 bits per heavy atom. The van der Waals surface area contributed by atoms with Gasteiger partial charge in [-0.15, -0.1) is 0 Å². The Kier molecular flexibility index (Phi) is 4.84. The van der Waals surface area contributed by atoms with E-state index in [4.69, 9.17) is 0 Å². The molecule has 0 heterocycles. The highest BCUT2D eigenvalue weighted by Gasteiger charge is 2.36. The molecule has 0 aromatic carbocycles. The number of rotatable bonds is 6. The topological polar surface area (TPSA) is 37.4 Å². The van der Waals surface area contributed by atoms with Crippen molar-refractivity contribution >= 4 is 26.0 Å². The summed E-state index contributed by atoms with van der Waals surface area (Å²) in [6, 6.07) is 0.280. The third-order valence-electron chi connectivity index (χ3n) is 2.73. The van der Waals surface area contributed by atoms with Crippen molar-refractivity contribution < 1.29 is 8.42 Å². The van der Waals surface area contributed by atoms with Gasteiger partial charge in [0, 0.05) is 17.9 Å². The van der Waals surface area contributed by atoms with Gasteiger partial charge in [0.25, 0.3) is 0 Å². The summed E-state index contributed by atoms with van der Waals surface area (Å²) in [6.07, 6.45) is 2.78. The van der Waals surface area contributed by atoms with E-state index < -0.39 is 10.0 Å². The first-order valence-electron chi connectivity index (χ1n) is 5.82. The van der Waals surface area contributed by atoms with Crippen molar-refractivity contribution in [1.29, 1.82) is 0 Å². The van der Waals surface area contributed by atoms with Gasteiger partial charge in [-0.25, -0.2) is 8.42 Å². The van der Waals surface area contributed by atoms with Crippen LogP contribution in [-0.2, 0) is 10.0 Å². The molecule has 1 aliphatic rings. The van der Waals surface area contributed by atoms with Crippen molar-refractivity contribution in [2.45, 2.75) is 46.1 Å². The maximum atomic E-state index is 12.2. The Labute approximate surface area is 108 Å². The minimum absolute atomic E-state index is 0.0801. The number of hydrogen-bond acceptors (Lipinski definition) is 2. The van der Waals surface area contributed by atoms with E-state index in [1.807, 2.05) is 0 Å². The van der Waals surface area contributed by atoms with Gasteiger partial charge in [0.05, 0.1) is 5.75 Å². The molecule has 0 unspecified atom stereocenters. The van der Waals surface area contributed by atoms with Crippen molar-refractivity contribution in [3.8, 4) is 0 Å². The highest BCUT2D eigenvalue weighted by molar-refractivity contribution is 9.09. The molecule has 0 N–H and O–H groups in total. The quantitative estimate of drug-likeness (QED) is 0.707. The van der Waals surface area contributed by atoms with E-state index in [9.17, 15) is 8.42 Å². The smallest absolute Gasteiger partial charge is 0.212 e. The van der Waals surface area contributed by atoms with Gasteiger partial charge >= 0.3 is 0 Å². The van der Waals surface area contributed by atoms with Gasteiger partial charge in [-0.05, 0) is 24.7 Å². The zero-order valence-corrected chi connectivity index (χ0v) is 12.8. The molecule has 1 saturated carbocycles. The number of nitrogens with zero attached hydrogens (tertiary/aromatic N) is 1. The van der Waals surface area contributed by atoms with Crippen LogP contribution in [0, 0.1) is 5.41 Å². The number of sulfonamides is 1. The summed E-state index contributed by atoms with van der Waals surface area (Å²) < 4.78 is 26.0. The van der Waals surface area contributed by atoms with Gasteiger partial charge in [0.1, 0.15) is 0 Å². The third kappa shape index (κ3) is 4.72. The van der Waals surface area contributed by atoms with Gasteiger partial charge < -0.3 is 0 Å². The molecular weight excluding hydrogens is 290 g/mol. The van der Waals surface area contributed by atoms with Gasteiger partial charge in [-0.1, -0.05) is 36.7 Å². The number of alkyl halides is 1. The average Bonchev–Trinajstić information content (AvgIpc) is 2.93. The van der Waals surface area contributed by atoms with Gasteiger partial charge in [-0.2, -0.15) is 4.31 Å². The molecule has 0 spiro atoms. The predicted molar refractivity (Wildman–Crippen MR) is 71.4 cm³/mol. The predicted octanol–water partition coefficient (Wildman–Crippen LogP) is 2.61. The van der Waals surface area contributed by atoms with E-state index in [0.29, 0.717) is 6.54 Å². The van der Waals surface area contributed by atoms with Gasteiger partial charge in [-0.3, -0.25) is 0 Å². The fourth-order valence-corrected chi connectivity index (χ4v) is 4.30. The molecule has 0 atom stereocenters. The van der Waals surface area contributed by atoms with Crippen molar-refractivity contribution in [2.75, 3.05) is 17.6 Å². The van der Waals surface area contributed by atoms with Crippen LogP contribution in [0.15, 0.2) is 0 Å². The molecule has 0 bridgehead atoms. The van der Waals surface area contributed by atoms with E-state index in [1.54, 1.807) is 4.31 Å². The first-order chi connectivity index (χ1) is 7.26. The van der Waals surface area contributed by atoms with Crippen LogP contribution < -0.4 is 0 Å². The Balaban J connectivity index is 2.59. The number of halogens is 1. The van der Waals surface area contributed by atoms with E-state index in [2.05, 4.69) is 36.7 Å². The normalized spacial score (nSPS) is 18.1. The second-order valence-corrected chi connectivity index (χ2v) is 8.49. The SMILES string of the molecule is CC(C)(C)CCS(=O)(=O)N(CCBr)C1CC1. The Morgan fingerprint density at radius 3 is 2.25 bits per heavy atom. The molecule has 5 heteroatoms. The Bertz CT molecular complexity index is 317. The first-order valence-corrected chi connectivity index (χ1v) is 8.55. The van der Waals surface area contributed by atoms with Crippen molar-refractivity contribution in [3.05, 3.63) is 0 Å². The molecule has 0 amide bonds. The Morgan fingerprint density at radius 1 is 1.31 bits per heavy atom. The minimum Gasteiger partial charge on any atom is -0.212 e. The molecule has 96 valence electrons. The highest BCUT2D eigenvalue weighted by Crippen LogP contribution is 2.30. The molecule has 1 rings (SSSR count). The Hall–Kier alpha value is 0.390. The molecule has 1 fully saturated rings. The molecule has 3 nitrogen and oxygen atoms in total. The first kappa shape index (κ1) is 14.5. The van der Waals surface area contributed by atoms with Gasteiger partial charge in [0.15, 0.2) is 0 Å². The molecule has 16 heavy (non-hydrogen) atoms. The van der Waals surface area contributed by atoms with Crippen LogP contribution in [0.2, 0.25) is 0 Å². The summed E-state index contributed by atoms with van der Waals surface area (Å²) in [5.74, 6) is 0.278. The van der Waals surface area contributed by atoms with Crippen LogP contribution in [0.25, 0.3) is 0 Å². The van der Waals surface area contributed by atoms with Crippen LogP contribution in [0.5, 0.6) is 0 Å². The van der Waals surface area contributed by atoms with E-state index in [1.165, 1.54) is 0 Å². The van der Waals surface area contributed by atoms with Crippen molar-refractivity contribution in [2.24, 2.45) is 5.41 Å². The molecule has 1 aliphatic carbocycles. The summed E-state index contributed by atoms with van der Waals surface area (Å²) in [5.41, 5.74) is 0.0801. The summed E-state index contributed by atoms with van der Waals surface area (Å²) >= 11 is 3.32. The monoisotopic (exact) mass is 311 g/mol. The van der Waals surface area contributed by atoms with E-state index in [-0.39, 0.29) is 17.2 Å². The number of hydrogen-bond donors (Lipinski definition) is 0. The molecule has 0 aromatic rings. The molecule has 0 radical (unpaired) electrons. The molecule has 0 saturated heterocycles. The summed E-state index contributed by atoms with van der Waals surface area (Å²) in [7, 11) is -3.05. The summed E-state index contributed by atoms with van der Waals surface area (Å²) in [6.45, 7) is 6.84. The van der Waals surface area contributed by atoms with Crippen LogP contribution in [0.3, 0.4) is 0 Å². The lowest BCUT2D eigenvalue weighted by atomic mass is 9.94. The highest BCUT2D eigenvalue weighted by atomic mass is 79.9. The largest absolute Gasteiger partial charge is 0.214 e. The fraction of sp³-hybridized carbons (Fsp3) is 1.00. The second kappa shape index (κ2) is 5.36. The maximum absolute atomic E-state index is 12.2. The van der Waals surface area contributed by atoms with Crippen LogP contribution >= 0.6 is 15.9 Å². The average molecular weight is 312 g/mol. The maximum Gasteiger partial charge on any atom is 0.214 e. The van der Waals surface area contributed by atoms with E-state index in [0.717, 1.165) is 24.6 Å². The second-order valence-electron chi connectivity index (χ2n) is 5.66. The summed E-state index contributed by atoms with van der Waals surface area (Å²) in [5, 5.41) is 0.720. The summed E-state index contributed by atoms with van der Waals surface area (Å²) in [4.78, 5) is 0. The van der Waals surface area contributed by atoms with Crippen molar-refractivity contribution in [3.63, 3.8) is 0 Å². The van der Waals surface area contributed by atoms with Gasteiger partial charge in [0.2, 0.25) is 10.0 Å². The van der Waals surface area contributed by atoms with Crippen LogP contribution in [-0.4, -0.2) is 36.4 Å². The lowest BCUT2D eigenvalue weighted by Gasteiger charge is -2.24. The molecule has 0 aliphatic heterocycles. The zero-order chi connectivity index (χ0) is 12.4. The van der Waals surface area contributed by atoms with Crippen LogP contribution in [0.1, 0.15) is 40.0 Å². The molecule has 0 aromatic heterocycles. The minimum atomic E-state index is -3.05. The van der Waals surface area contributed by atoms with Crippen molar-refractivity contribution in [1.82, 2.24) is 4.31 Å². The lowest BCUT2D eigenvalue weighted by molar-refractivity contribution is 0.380. The molecular formula is C11H22BrNO2S.